The molecule has 0 bridgehead atoms. The lowest BCUT2D eigenvalue weighted by atomic mass is 9.82. The van der Waals surface area contributed by atoms with Crippen LogP contribution in [-0.4, -0.2) is 5.11 Å². The second kappa shape index (κ2) is 3.69. The molecule has 0 saturated heterocycles. The van der Waals surface area contributed by atoms with Crippen molar-refractivity contribution in [3.63, 3.8) is 0 Å². The monoisotopic (exact) mass is 228 g/mol. The molecule has 0 amide bonds. The van der Waals surface area contributed by atoms with Crippen LogP contribution in [0.1, 0.15) is 25.3 Å². The molecule has 76 valence electrons. The van der Waals surface area contributed by atoms with E-state index in [1.54, 1.807) is 0 Å². The smallest absolute Gasteiger partial charge is 0.110 e. The minimum absolute atomic E-state index is 0.563. The van der Waals surface area contributed by atoms with Crippen LogP contribution in [0.5, 0.6) is 0 Å². The van der Waals surface area contributed by atoms with Crippen molar-refractivity contribution in [2.45, 2.75) is 25.4 Å². The summed E-state index contributed by atoms with van der Waals surface area (Å²) in [7, 11) is 0. The molecule has 0 aliphatic heterocycles. The first-order valence-corrected chi connectivity index (χ1v) is 6.03. The van der Waals surface area contributed by atoms with Crippen LogP contribution in [-0.2, 0) is 5.60 Å². The first-order chi connectivity index (χ1) is 6.62. The molecule has 1 aliphatic rings. The molecule has 0 radical (unpaired) electrons. The molecule has 1 N–H and O–H groups in total. The fourth-order valence-corrected chi connectivity index (χ4v) is 2.86. The molecular weight excluding hydrogens is 216 g/mol. The summed E-state index contributed by atoms with van der Waals surface area (Å²) >= 11 is 7.49. The van der Waals surface area contributed by atoms with Gasteiger partial charge in [-0.15, -0.1) is 11.3 Å². The van der Waals surface area contributed by atoms with Crippen molar-refractivity contribution in [2.75, 3.05) is 0 Å². The predicted octanol–water partition coefficient (Wildman–Crippen LogP) is 3.58. The van der Waals surface area contributed by atoms with Gasteiger partial charge in [0, 0.05) is 5.56 Å². The summed E-state index contributed by atoms with van der Waals surface area (Å²) in [6, 6.07) is 1.91. The minimum Gasteiger partial charge on any atom is -0.381 e. The number of rotatable bonds is 1. The molecule has 1 heterocycles. The molecule has 2 unspecified atom stereocenters. The summed E-state index contributed by atoms with van der Waals surface area (Å²) in [6.45, 7) is 2.16. The molecule has 0 fully saturated rings. The zero-order valence-corrected chi connectivity index (χ0v) is 9.61. The Morgan fingerprint density at radius 3 is 2.93 bits per heavy atom. The van der Waals surface area contributed by atoms with Gasteiger partial charge < -0.3 is 5.11 Å². The third-order valence-electron chi connectivity index (χ3n) is 2.77. The van der Waals surface area contributed by atoms with Gasteiger partial charge in [0.15, 0.2) is 0 Å². The fourth-order valence-electron chi connectivity index (χ4n) is 1.78. The van der Waals surface area contributed by atoms with Crippen LogP contribution < -0.4 is 0 Å². The maximum atomic E-state index is 10.4. The van der Waals surface area contributed by atoms with Crippen molar-refractivity contribution in [2.24, 2.45) is 5.92 Å². The third-order valence-corrected chi connectivity index (χ3v) is 3.94. The molecule has 2 rings (SSSR count). The van der Waals surface area contributed by atoms with Crippen molar-refractivity contribution < 1.29 is 5.11 Å². The van der Waals surface area contributed by atoms with E-state index in [0.717, 1.165) is 18.4 Å². The summed E-state index contributed by atoms with van der Waals surface area (Å²) < 4.78 is 0.701. The van der Waals surface area contributed by atoms with Crippen LogP contribution in [0.3, 0.4) is 0 Å². The highest BCUT2D eigenvalue weighted by molar-refractivity contribution is 7.14. The largest absolute Gasteiger partial charge is 0.381 e. The van der Waals surface area contributed by atoms with Gasteiger partial charge in [-0.05, 0) is 30.2 Å². The van der Waals surface area contributed by atoms with E-state index in [9.17, 15) is 5.11 Å². The van der Waals surface area contributed by atoms with E-state index in [1.807, 2.05) is 17.5 Å². The maximum Gasteiger partial charge on any atom is 0.110 e. The van der Waals surface area contributed by atoms with E-state index in [1.165, 1.54) is 11.3 Å². The van der Waals surface area contributed by atoms with E-state index >= 15 is 0 Å². The van der Waals surface area contributed by atoms with Gasteiger partial charge in [0.2, 0.25) is 0 Å². The van der Waals surface area contributed by atoms with Crippen molar-refractivity contribution in [1.29, 1.82) is 0 Å². The number of allylic oxidation sites excluding steroid dienone is 1. The van der Waals surface area contributed by atoms with Crippen molar-refractivity contribution in [3.8, 4) is 0 Å². The third kappa shape index (κ3) is 1.74. The lowest BCUT2D eigenvalue weighted by Gasteiger charge is -2.29. The molecule has 1 aromatic heterocycles. The van der Waals surface area contributed by atoms with Gasteiger partial charge in [-0.25, -0.2) is 0 Å². The topological polar surface area (TPSA) is 20.2 Å². The second-order valence-corrected chi connectivity index (χ2v) is 5.43. The van der Waals surface area contributed by atoms with Crippen LogP contribution in [0.25, 0.3) is 0 Å². The van der Waals surface area contributed by atoms with Crippen LogP contribution in [0.15, 0.2) is 23.6 Å². The van der Waals surface area contributed by atoms with Gasteiger partial charge in [0.05, 0.1) is 4.34 Å². The van der Waals surface area contributed by atoms with Crippen LogP contribution in [0, 0.1) is 5.92 Å². The number of thiophene rings is 1. The number of aliphatic hydroxyl groups is 1. The van der Waals surface area contributed by atoms with Crippen molar-refractivity contribution >= 4 is 22.9 Å². The Morgan fingerprint density at radius 1 is 1.64 bits per heavy atom. The van der Waals surface area contributed by atoms with Crippen molar-refractivity contribution in [3.05, 3.63) is 33.5 Å². The van der Waals surface area contributed by atoms with Gasteiger partial charge in [-0.2, -0.15) is 0 Å². The highest BCUT2D eigenvalue weighted by atomic mass is 35.5. The van der Waals surface area contributed by atoms with Gasteiger partial charge in [0.1, 0.15) is 5.60 Å². The lowest BCUT2D eigenvalue weighted by Crippen LogP contribution is -2.26. The molecule has 1 aromatic rings. The van der Waals surface area contributed by atoms with Gasteiger partial charge in [-0.1, -0.05) is 30.7 Å². The predicted molar refractivity (Wildman–Crippen MR) is 60.8 cm³/mol. The Labute approximate surface area is 93.0 Å². The first-order valence-electron chi connectivity index (χ1n) is 4.77. The van der Waals surface area contributed by atoms with Crippen molar-refractivity contribution in [1.82, 2.24) is 0 Å². The normalized spacial score (nSPS) is 32.1. The Bertz CT molecular complexity index is 358. The number of hydrogen-bond donors (Lipinski definition) is 1. The van der Waals surface area contributed by atoms with Crippen LogP contribution >= 0.6 is 22.9 Å². The van der Waals surface area contributed by atoms with E-state index in [2.05, 4.69) is 13.0 Å². The summed E-state index contributed by atoms with van der Waals surface area (Å²) in [5.74, 6) is 0.563. The molecule has 2 atom stereocenters. The molecule has 1 nitrogen and oxygen atoms in total. The zero-order chi connectivity index (χ0) is 10.2. The minimum atomic E-state index is -0.830. The summed E-state index contributed by atoms with van der Waals surface area (Å²) in [5, 5.41) is 12.3. The van der Waals surface area contributed by atoms with Gasteiger partial charge in [0.25, 0.3) is 0 Å². The number of hydrogen-bond acceptors (Lipinski definition) is 2. The van der Waals surface area contributed by atoms with E-state index in [4.69, 9.17) is 11.6 Å². The molecule has 3 heteroatoms. The Kier molecular flexibility index (Phi) is 2.69. The SMILES string of the molecule is CC1C=CC(O)(c2ccsc2Cl)CC1. The molecular formula is C11H13ClOS. The van der Waals surface area contributed by atoms with Crippen LogP contribution in [0.2, 0.25) is 4.34 Å². The average molecular weight is 229 g/mol. The van der Waals surface area contributed by atoms with Crippen LogP contribution in [0.4, 0.5) is 0 Å². The molecule has 0 aromatic carbocycles. The van der Waals surface area contributed by atoms with E-state index in [-0.39, 0.29) is 0 Å². The van der Waals surface area contributed by atoms with E-state index in [0.29, 0.717) is 10.3 Å². The first kappa shape index (κ1) is 10.2. The Balaban J connectivity index is 2.34. The highest BCUT2D eigenvalue weighted by Gasteiger charge is 2.31. The standard InChI is InChI=1S/C11H13ClOS/c1-8-2-5-11(13,6-3-8)9-4-7-14-10(9)12/h2,4-5,7-8,13H,3,6H2,1H3. The maximum absolute atomic E-state index is 10.4. The Hall–Kier alpha value is -0.310. The summed E-state index contributed by atoms with van der Waals surface area (Å²) in [6.07, 6.45) is 5.73. The lowest BCUT2D eigenvalue weighted by molar-refractivity contribution is 0.0679. The summed E-state index contributed by atoms with van der Waals surface area (Å²) in [5.41, 5.74) is 0.0242. The number of halogens is 1. The Morgan fingerprint density at radius 2 is 2.43 bits per heavy atom. The highest BCUT2D eigenvalue weighted by Crippen LogP contribution is 2.39. The second-order valence-electron chi connectivity index (χ2n) is 3.91. The molecule has 14 heavy (non-hydrogen) atoms. The average Bonchev–Trinajstić information content (AvgIpc) is 2.58. The molecule has 0 spiro atoms. The van der Waals surface area contributed by atoms with Gasteiger partial charge in [-0.3, -0.25) is 0 Å². The quantitative estimate of drug-likeness (QED) is 0.729. The molecule has 1 aliphatic carbocycles. The summed E-state index contributed by atoms with van der Waals surface area (Å²) in [4.78, 5) is 0. The fraction of sp³-hybridized carbons (Fsp3) is 0.455. The molecule has 0 saturated carbocycles. The van der Waals surface area contributed by atoms with E-state index < -0.39 is 5.60 Å². The zero-order valence-electron chi connectivity index (χ0n) is 8.03. The van der Waals surface area contributed by atoms with Gasteiger partial charge >= 0.3 is 0 Å².